The maximum Gasteiger partial charge on any atom is 0.337 e. The van der Waals surface area contributed by atoms with Gasteiger partial charge in [-0.1, -0.05) is 12.1 Å². The highest BCUT2D eigenvalue weighted by atomic mass is 32.1. The number of aromatic nitrogens is 1. The molecule has 0 unspecified atom stereocenters. The third-order valence-corrected chi connectivity index (χ3v) is 7.10. The molecule has 1 N–H and O–H groups in total. The molecule has 0 radical (unpaired) electrons. The van der Waals surface area contributed by atoms with E-state index in [-0.39, 0.29) is 0 Å². The molecule has 2 heterocycles. The molecule has 0 aliphatic heterocycles. The molecule has 1 aliphatic rings. The summed E-state index contributed by atoms with van der Waals surface area (Å²) >= 11 is 1.74. The highest BCUT2D eigenvalue weighted by Crippen LogP contribution is 2.47. The monoisotopic (exact) mass is 453 g/mol. The number of nitrogens with zero attached hydrogens (tertiary/aromatic N) is 1. The molecule has 0 fully saturated rings. The van der Waals surface area contributed by atoms with Gasteiger partial charge in [0.2, 0.25) is 0 Å². The van der Waals surface area contributed by atoms with Crippen LogP contribution in [0.25, 0.3) is 21.3 Å². The summed E-state index contributed by atoms with van der Waals surface area (Å²) in [5, 5.41) is 11.3. The molecule has 0 saturated heterocycles. The number of carboxylic acids is 1. The fraction of sp³-hybridized carbons (Fsp3) is 0.462. The second kappa shape index (κ2) is 8.49. The van der Waals surface area contributed by atoms with E-state index in [4.69, 9.17) is 14.5 Å². The molecule has 1 aliphatic carbocycles. The van der Waals surface area contributed by atoms with Gasteiger partial charge in [-0.15, -0.1) is 11.3 Å². The van der Waals surface area contributed by atoms with Crippen LogP contribution in [0.2, 0.25) is 0 Å². The number of thiophene rings is 1. The smallest absolute Gasteiger partial charge is 0.337 e. The van der Waals surface area contributed by atoms with Crippen molar-refractivity contribution in [2.24, 2.45) is 0 Å². The predicted molar refractivity (Wildman–Crippen MR) is 129 cm³/mol. The summed E-state index contributed by atoms with van der Waals surface area (Å²) in [5.41, 5.74) is 4.84. The van der Waals surface area contributed by atoms with Crippen molar-refractivity contribution >= 4 is 27.5 Å². The molecule has 0 amide bonds. The van der Waals surface area contributed by atoms with Crippen LogP contribution in [-0.4, -0.2) is 28.8 Å². The molecule has 2 aromatic heterocycles. The van der Waals surface area contributed by atoms with Crippen molar-refractivity contribution in [1.29, 1.82) is 0 Å². The van der Waals surface area contributed by atoms with Gasteiger partial charge in [-0.05, 0) is 77.5 Å². The molecule has 1 atom stereocenters. The van der Waals surface area contributed by atoms with Crippen molar-refractivity contribution in [1.82, 2.24) is 4.98 Å². The Morgan fingerprint density at radius 1 is 1.19 bits per heavy atom. The van der Waals surface area contributed by atoms with Crippen LogP contribution in [0, 0.1) is 13.8 Å². The van der Waals surface area contributed by atoms with Crippen molar-refractivity contribution in [2.75, 3.05) is 7.11 Å². The number of pyridine rings is 1. The van der Waals surface area contributed by atoms with E-state index < -0.39 is 17.7 Å². The fourth-order valence-corrected chi connectivity index (χ4v) is 5.93. The SMILES string of the molecule is COc1cc(C)ccc1-c1c([C@@H](OC(C)(C)C)C(=O)O)c(C)nc2sc3c(c12)CCCC3. The quantitative estimate of drug-likeness (QED) is 0.483. The van der Waals surface area contributed by atoms with Crippen LogP contribution in [0.5, 0.6) is 5.75 Å². The first-order valence-electron chi connectivity index (χ1n) is 11.1. The topological polar surface area (TPSA) is 68.7 Å². The van der Waals surface area contributed by atoms with E-state index in [1.807, 2.05) is 52.8 Å². The van der Waals surface area contributed by atoms with E-state index in [9.17, 15) is 9.90 Å². The lowest BCUT2D eigenvalue weighted by Gasteiger charge is -2.28. The van der Waals surface area contributed by atoms with E-state index in [0.29, 0.717) is 11.3 Å². The summed E-state index contributed by atoms with van der Waals surface area (Å²) < 4.78 is 11.9. The minimum Gasteiger partial charge on any atom is -0.496 e. The Balaban J connectivity index is 2.13. The Bertz CT molecular complexity index is 1190. The van der Waals surface area contributed by atoms with Crippen LogP contribution in [-0.2, 0) is 22.4 Å². The fourth-order valence-electron chi connectivity index (χ4n) is 4.61. The van der Waals surface area contributed by atoms with E-state index in [2.05, 4.69) is 0 Å². The van der Waals surface area contributed by atoms with Crippen LogP contribution in [0.4, 0.5) is 0 Å². The number of aliphatic carboxylic acids is 1. The predicted octanol–water partition coefficient (Wildman–Crippen LogP) is 6.41. The lowest BCUT2D eigenvalue weighted by atomic mass is 9.87. The number of ether oxygens (including phenoxy) is 2. The summed E-state index contributed by atoms with van der Waals surface area (Å²) in [6.07, 6.45) is 3.22. The van der Waals surface area contributed by atoms with Gasteiger partial charge in [0.25, 0.3) is 0 Å². The minimum atomic E-state index is -1.13. The number of aryl methyl sites for hydroxylation is 4. The van der Waals surface area contributed by atoms with Gasteiger partial charge >= 0.3 is 5.97 Å². The van der Waals surface area contributed by atoms with Crippen molar-refractivity contribution in [3.63, 3.8) is 0 Å². The van der Waals surface area contributed by atoms with Crippen LogP contribution in [0.1, 0.15) is 67.0 Å². The van der Waals surface area contributed by atoms with Gasteiger partial charge in [-0.2, -0.15) is 0 Å². The standard InChI is InChI=1S/C26H31NO4S/c1-14-11-12-16(18(13-14)30-6)21-20(23(25(28)29)31-26(3,4)5)15(2)27-24-22(21)17-9-7-8-10-19(17)32-24/h11-13,23H,7-10H2,1-6H3,(H,28,29)/t23-/m1/s1. The van der Waals surface area contributed by atoms with Crippen molar-refractivity contribution in [2.45, 2.75) is 72.0 Å². The van der Waals surface area contributed by atoms with Crippen LogP contribution < -0.4 is 4.74 Å². The Hall–Kier alpha value is -2.44. The first kappa shape index (κ1) is 22.7. The lowest BCUT2D eigenvalue weighted by Crippen LogP contribution is -2.28. The molecule has 1 aromatic carbocycles. The summed E-state index contributed by atoms with van der Waals surface area (Å²) in [5.74, 6) is -0.283. The zero-order valence-corrected chi connectivity index (χ0v) is 20.5. The van der Waals surface area contributed by atoms with Crippen molar-refractivity contribution < 1.29 is 19.4 Å². The minimum absolute atomic E-state index is 0.619. The molecule has 4 rings (SSSR count). The molecular formula is C26H31NO4S. The summed E-state index contributed by atoms with van der Waals surface area (Å²) in [6.45, 7) is 9.55. The molecule has 0 bridgehead atoms. The molecular weight excluding hydrogens is 422 g/mol. The molecule has 0 saturated carbocycles. The van der Waals surface area contributed by atoms with Crippen LogP contribution in [0.3, 0.4) is 0 Å². The number of fused-ring (bicyclic) bond motifs is 3. The maximum absolute atomic E-state index is 12.5. The van der Waals surface area contributed by atoms with E-state index in [1.54, 1.807) is 18.4 Å². The van der Waals surface area contributed by atoms with E-state index >= 15 is 0 Å². The average molecular weight is 454 g/mol. The van der Waals surface area contributed by atoms with Gasteiger partial charge in [0.05, 0.1) is 12.7 Å². The number of benzene rings is 1. The van der Waals surface area contributed by atoms with Gasteiger partial charge in [0, 0.05) is 32.6 Å². The number of carboxylic acid groups (broad SMARTS) is 1. The zero-order valence-electron chi connectivity index (χ0n) is 19.7. The Kier molecular flexibility index (Phi) is 6.03. The molecule has 5 nitrogen and oxygen atoms in total. The van der Waals surface area contributed by atoms with Crippen LogP contribution >= 0.6 is 11.3 Å². The zero-order chi connectivity index (χ0) is 23.2. The lowest BCUT2D eigenvalue weighted by molar-refractivity contribution is -0.160. The third kappa shape index (κ3) is 4.14. The second-order valence-electron chi connectivity index (χ2n) is 9.53. The third-order valence-electron chi connectivity index (χ3n) is 5.92. The average Bonchev–Trinajstić information content (AvgIpc) is 3.08. The number of methoxy groups -OCH3 is 1. The normalized spacial score (nSPS) is 14.9. The summed E-state index contributed by atoms with van der Waals surface area (Å²) in [4.78, 5) is 19.7. The van der Waals surface area contributed by atoms with E-state index in [1.165, 1.54) is 16.9 Å². The summed E-state index contributed by atoms with van der Waals surface area (Å²) in [6, 6.07) is 6.08. The molecule has 170 valence electrons. The number of carbonyl (C=O) groups is 1. The molecule has 3 aromatic rings. The van der Waals surface area contributed by atoms with Crippen molar-refractivity contribution in [3.8, 4) is 16.9 Å². The van der Waals surface area contributed by atoms with Gasteiger partial charge in [0.1, 0.15) is 10.6 Å². The van der Waals surface area contributed by atoms with Gasteiger partial charge in [-0.25, -0.2) is 9.78 Å². The van der Waals surface area contributed by atoms with Gasteiger partial charge in [-0.3, -0.25) is 0 Å². The Morgan fingerprint density at radius 3 is 2.56 bits per heavy atom. The van der Waals surface area contributed by atoms with Gasteiger partial charge < -0.3 is 14.6 Å². The first-order chi connectivity index (χ1) is 15.1. The van der Waals surface area contributed by atoms with Gasteiger partial charge in [0.15, 0.2) is 6.10 Å². The summed E-state index contributed by atoms with van der Waals surface area (Å²) in [7, 11) is 1.66. The van der Waals surface area contributed by atoms with Crippen LogP contribution in [0.15, 0.2) is 18.2 Å². The highest BCUT2D eigenvalue weighted by Gasteiger charge is 2.34. The maximum atomic E-state index is 12.5. The number of hydrogen-bond acceptors (Lipinski definition) is 5. The number of hydrogen-bond donors (Lipinski definition) is 1. The molecule has 0 spiro atoms. The number of rotatable bonds is 5. The Morgan fingerprint density at radius 2 is 1.91 bits per heavy atom. The van der Waals surface area contributed by atoms with Crippen molar-refractivity contribution in [3.05, 3.63) is 45.5 Å². The molecule has 6 heteroatoms. The first-order valence-corrected chi connectivity index (χ1v) is 11.9. The second-order valence-corrected chi connectivity index (χ2v) is 10.6. The largest absolute Gasteiger partial charge is 0.496 e. The molecule has 32 heavy (non-hydrogen) atoms. The van der Waals surface area contributed by atoms with E-state index in [0.717, 1.165) is 51.9 Å². The highest BCUT2D eigenvalue weighted by molar-refractivity contribution is 7.19. The Labute approximate surface area is 193 Å².